The van der Waals surface area contributed by atoms with Crippen LogP contribution in [0, 0.1) is 13.0 Å². The van der Waals surface area contributed by atoms with Crippen LogP contribution in [0.4, 0.5) is 4.39 Å². The van der Waals surface area contributed by atoms with E-state index in [1.54, 1.807) is 6.07 Å². The molecule has 0 bridgehead atoms. The monoisotopic (exact) mass is 392 g/mol. The van der Waals surface area contributed by atoms with Crippen LogP contribution in [0.2, 0.25) is 0 Å². The molecule has 12 heavy (non-hydrogen) atoms. The first-order chi connectivity index (χ1) is 5.66. The Morgan fingerprint density at radius 1 is 1.33 bits per heavy atom. The molecule has 0 fully saturated rings. The molecule has 1 rings (SSSR count). The molecule has 4 heteroatoms. The Balaban J connectivity index is 3.14. The zero-order chi connectivity index (χ0) is 9.14. The molecule has 0 spiro atoms. The summed E-state index contributed by atoms with van der Waals surface area (Å²) in [6, 6.07) is 3.58. The van der Waals surface area contributed by atoms with Crippen molar-refractivity contribution in [3.05, 3.63) is 25.1 Å². The lowest BCUT2D eigenvalue weighted by Crippen LogP contribution is -1.98. The molecule has 0 aliphatic heterocycles. The van der Waals surface area contributed by atoms with Gasteiger partial charge in [-0.15, -0.1) is 0 Å². The highest BCUT2D eigenvalue weighted by molar-refractivity contribution is 14.1. The van der Waals surface area contributed by atoms with Gasteiger partial charge in [-0.1, -0.05) is 0 Å². The van der Waals surface area contributed by atoms with Crippen LogP contribution >= 0.6 is 45.2 Å². The van der Waals surface area contributed by atoms with Crippen molar-refractivity contribution in [2.45, 2.75) is 6.92 Å². The predicted molar refractivity (Wildman–Crippen MR) is 63.0 cm³/mol. The van der Waals surface area contributed by atoms with E-state index in [4.69, 9.17) is 4.74 Å². The Bertz CT molecular complexity index is 289. The number of benzene rings is 1. The van der Waals surface area contributed by atoms with Gasteiger partial charge in [0.25, 0.3) is 0 Å². The first-order valence-electron chi connectivity index (χ1n) is 3.43. The first kappa shape index (κ1) is 10.5. The zero-order valence-corrected chi connectivity index (χ0v) is 10.7. The molecule has 0 atom stereocenters. The molecule has 1 aromatic rings. The van der Waals surface area contributed by atoms with Crippen LogP contribution in [0.25, 0.3) is 0 Å². The molecule has 0 aliphatic rings. The van der Waals surface area contributed by atoms with Crippen LogP contribution in [0.15, 0.2) is 12.1 Å². The van der Waals surface area contributed by atoms with Gasteiger partial charge in [0.05, 0.1) is 13.7 Å². The third kappa shape index (κ3) is 2.21. The molecule has 0 aromatic heterocycles. The standard InChI is InChI=1S/C8H7FI2O/c1-2-12-8-6(11)4-3-5(10)7(8)9/h3-4H,2H2,1H3. The van der Waals surface area contributed by atoms with Gasteiger partial charge >= 0.3 is 0 Å². The molecule has 0 N–H and O–H groups in total. The summed E-state index contributed by atoms with van der Waals surface area (Å²) in [6.07, 6.45) is 0. The Hall–Kier alpha value is 0.410. The second-order valence-electron chi connectivity index (χ2n) is 2.11. The fourth-order valence-corrected chi connectivity index (χ4v) is 1.78. The van der Waals surface area contributed by atoms with Gasteiger partial charge in [0.15, 0.2) is 11.6 Å². The van der Waals surface area contributed by atoms with Crippen LogP contribution in [-0.2, 0) is 0 Å². The van der Waals surface area contributed by atoms with Gasteiger partial charge in [-0.05, 0) is 64.2 Å². The van der Waals surface area contributed by atoms with Crippen molar-refractivity contribution in [3.63, 3.8) is 0 Å². The van der Waals surface area contributed by atoms with Crippen molar-refractivity contribution in [1.82, 2.24) is 0 Å². The normalized spacial score (nSPS) is 10.0. The highest BCUT2D eigenvalue weighted by atomic mass is 127. The molecule has 1 nitrogen and oxygen atoms in total. The van der Waals surface area contributed by atoms with Crippen molar-refractivity contribution in [2.75, 3.05) is 6.61 Å². The Morgan fingerprint density at radius 3 is 2.50 bits per heavy atom. The summed E-state index contributed by atoms with van der Waals surface area (Å²) in [5.41, 5.74) is 0. The zero-order valence-electron chi connectivity index (χ0n) is 6.40. The lowest BCUT2D eigenvalue weighted by molar-refractivity contribution is 0.318. The fraction of sp³-hybridized carbons (Fsp3) is 0.250. The van der Waals surface area contributed by atoms with Crippen molar-refractivity contribution in [3.8, 4) is 5.75 Å². The molecule has 0 amide bonds. The topological polar surface area (TPSA) is 9.23 Å². The van der Waals surface area contributed by atoms with Crippen LogP contribution in [0.5, 0.6) is 5.75 Å². The first-order valence-corrected chi connectivity index (χ1v) is 5.59. The highest BCUT2D eigenvalue weighted by Crippen LogP contribution is 2.27. The molecule has 0 aliphatic carbocycles. The van der Waals surface area contributed by atoms with E-state index in [1.165, 1.54) is 0 Å². The second-order valence-corrected chi connectivity index (χ2v) is 4.43. The van der Waals surface area contributed by atoms with Gasteiger partial charge in [-0.25, -0.2) is 4.39 Å². The lowest BCUT2D eigenvalue weighted by atomic mass is 10.3. The molecule has 66 valence electrons. The summed E-state index contributed by atoms with van der Waals surface area (Å²) in [6.45, 7) is 2.34. The van der Waals surface area contributed by atoms with E-state index in [9.17, 15) is 4.39 Å². The Kier molecular flexibility index (Phi) is 4.01. The van der Waals surface area contributed by atoms with Gasteiger partial charge in [-0.3, -0.25) is 0 Å². The third-order valence-electron chi connectivity index (χ3n) is 1.29. The Morgan fingerprint density at radius 2 is 1.92 bits per heavy atom. The molecular formula is C8H7FI2O. The highest BCUT2D eigenvalue weighted by Gasteiger charge is 2.10. The van der Waals surface area contributed by atoms with Crippen LogP contribution in [0.1, 0.15) is 6.92 Å². The van der Waals surface area contributed by atoms with Crippen molar-refractivity contribution >= 4 is 45.2 Å². The van der Waals surface area contributed by atoms with E-state index in [2.05, 4.69) is 22.6 Å². The van der Waals surface area contributed by atoms with E-state index >= 15 is 0 Å². The number of ether oxygens (including phenoxy) is 1. The minimum Gasteiger partial charge on any atom is -0.490 e. The quantitative estimate of drug-likeness (QED) is 0.554. The summed E-state index contributed by atoms with van der Waals surface area (Å²) >= 11 is 4.01. The van der Waals surface area contributed by atoms with Gasteiger partial charge in [0, 0.05) is 0 Å². The van der Waals surface area contributed by atoms with E-state index < -0.39 is 0 Å². The number of hydrogen-bond donors (Lipinski definition) is 0. The maximum absolute atomic E-state index is 13.3. The maximum atomic E-state index is 13.3. The minimum atomic E-state index is -0.260. The van der Waals surface area contributed by atoms with Crippen molar-refractivity contribution in [1.29, 1.82) is 0 Å². The fourth-order valence-electron chi connectivity index (χ4n) is 0.785. The molecule has 1 aromatic carbocycles. The van der Waals surface area contributed by atoms with E-state index in [0.29, 0.717) is 15.9 Å². The number of hydrogen-bond acceptors (Lipinski definition) is 1. The lowest BCUT2D eigenvalue weighted by Gasteiger charge is -2.07. The largest absolute Gasteiger partial charge is 0.490 e. The Labute approximate surface area is 98.0 Å². The second kappa shape index (κ2) is 4.59. The number of halogens is 3. The van der Waals surface area contributed by atoms with Gasteiger partial charge in [0.1, 0.15) is 0 Å². The van der Waals surface area contributed by atoms with Crippen molar-refractivity contribution < 1.29 is 9.13 Å². The summed E-state index contributed by atoms with van der Waals surface area (Å²) in [4.78, 5) is 0. The van der Waals surface area contributed by atoms with Gasteiger partial charge in [-0.2, -0.15) is 0 Å². The maximum Gasteiger partial charge on any atom is 0.179 e. The van der Waals surface area contributed by atoms with Crippen LogP contribution in [-0.4, -0.2) is 6.61 Å². The van der Waals surface area contributed by atoms with Gasteiger partial charge < -0.3 is 4.74 Å². The summed E-state index contributed by atoms with van der Waals surface area (Å²) in [7, 11) is 0. The predicted octanol–water partition coefficient (Wildman–Crippen LogP) is 3.43. The van der Waals surface area contributed by atoms with Crippen LogP contribution < -0.4 is 4.74 Å². The van der Waals surface area contributed by atoms with Crippen LogP contribution in [0.3, 0.4) is 0 Å². The van der Waals surface area contributed by atoms with Crippen molar-refractivity contribution in [2.24, 2.45) is 0 Å². The smallest absolute Gasteiger partial charge is 0.179 e. The van der Waals surface area contributed by atoms with E-state index in [-0.39, 0.29) is 5.82 Å². The van der Waals surface area contributed by atoms with E-state index in [1.807, 2.05) is 35.6 Å². The molecule has 0 unspecified atom stereocenters. The SMILES string of the molecule is CCOc1c(I)ccc(I)c1F. The average molecular weight is 392 g/mol. The van der Waals surface area contributed by atoms with Gasteiger partial charge in [0.2, 0.25) is 0 Å². The summed E-state index contributed by atoms with van der Waals surface area (Å²) in [5.74, 6) is 0.106. The minimum absolute atomic E-state index is 0.260. The molecular weight excluding hydrogens is 385 g/mol. The summed E-state index contributed by atoms with van der Waals surface area (Å²) in [5, 5.41) is 0. The molecule has 0 saturated heterocycles. The summed E-state index contributed by atoms with van der Waals surface area (Å²) < 4.78 is 19.9. The van der Waals surface area contributed by atoms with E-state index in [0.717, 1.165) is 3.57 Å². The molecule has 0 radical (unpaired) electrons. The average Bonchev–Trinajstić information content (AvgIpc) is 2.06. The molecule has 0 heterocycles. The third-order valence-corrected chi connectivity index (χ3v) is 2.97. The number of rotatable bonds is 2. The molecule has 0 saturated carbocycles.